The molecule has 2 nitrogen and oxygen atoms in total. The zero-order chi connectivity index (χ0) is 9.14. The van der Waals surface area contributed by atoms with Crippen molar-refractivity contribution < 1.29 is 14.3 Å². The van der Waals surface area contributed by atoms with Crippen LogP contribution in [0.5, 0.6) is 0 Å². The molecule has 0 heterocycles. The third-order valence-electron chi connectivity index (χ3n) is 1.48. The Morgan fingerprint density at radius 3 is 2.75 bits per heavy atom. The molecule has 0 fully saturated rings. The first-order valence-corrected chi connectivity index (χ1v) is 3.31. The second-order valence-electron chi connectivity index (χ2n) is 2.22. The number of halogens is 1. The van der Waals surface area contributed by atoms with Gasteiger partial charge in [0.25, 0.3) is 0 Å². The van der Waals surface area contributed by atoms with Gasteiger partial charge in [0.1, 0.15) is 5.82 Å². The van der Waals surface area contributed by atoms with Crippen LogP contribution in [0.3, 0.4) is 0 Å². The molecular formula is C9H7FO2. The van der Waals surface area contributed by atoms with Gasteiger partial charge in [-0.25, -0.2) is 9.18 Å². The third-order valence-corrected chi connectivity index (χ3v) is 1.48. The van der Waals surface area contributed by atoms with Gasteiger partial charge in [-0.1, -0.05) is 24.8 Å². The number of aromatic carboxylic acids is 1. The lowest BCUT2D eigenvalue weighted by Gasteiger charge is -1.99. The van der Waals surface area contributed by atoms with E-state index in [1.807, 2.05) is 0 Å². The van der Waals surface area contributed by atoms with E-state index in [4.69, 9.17) is 5.11 Å². The molecule has 0 aliphatic heterocycles. The monoisotopic (exact) mass is 166 g/mol. The van der Waals surface area contributed by atoms with Crippen molar-refractivity contribution in [3.8, 4) is 0 Å². The summed E-state index contributed by atoms with van der Waals surface area (Å²) in [6.07, 6.45) is 1.28. The highest BCUT2D eigenvalue weighted by atomic mass is 19.1. The molecular weight excluding hydrogens is 159 g/mol. The van der Waals surface area contributed by atoms with E-state index in [9.17, 15) is 9.18 Å². The molecule has 1 rings (SSSR count). The van der Waals surface area contributed by atoms with Gasteiger partial charge in [0.2, 0.25) is 0 Å². The van der Waals surface area contributed by atoms with Crippen LogP contribution in [0.4, 0.5) is 4.39 Å². The lowest BCUT2D eigenvalue weighted by Crippen LogP contribution is -2.01. The van der Waals surface area contributed by atoms with Gasteiger partial charge in [-0.3, -0.25) is 0 Å². The van der Waals surface area contributed by atoms with Crippen LogP contribution in [0, 0.1) is 5.82 Å². The van der Waals surface area contributed by atoms with Gasteiger partial charge in [0.05, 0.1) is 5.56 Å². The molecule has 0 bridgehead atoms. The molecule has 1 N–H and O–H groups in total. The molecule has 0 aliphatic carbocycles. The van der Waals surface area contributed by atoms with Crippen LogP contribution in [0.15, 0.2) is 24.8 Å². The fourth-order valence-corrected chi connectivity index (χ4v) is 0.873. The SMILES string of the molecule is C=Cc1cccc(C(=O)O)c1F. The van der Waals surface area contributed by atoms with E-state index < -0.39 is 11.8 Å². The average Bonchev–Trinajstić information content (AvgIpc) is 2.04. The Bertz CT molecular complexity index is 331. The number of benzene rings is 1. The standard InChI is InChI=1S/C9H7FO2/c1-2-6-4-3-5-7(8(6)10)9(11)12/h2-5H,1H2,(H,11,12). The highest BCUT2D eigenvalue weighted by Crippen LogP contribution is 2.13. The second-order valence-corrected chi connectivity index (χ2v) is 2.22. The van der Waals surface area contributed by atoms with Gasteiger partial charge in [0, 0.05) is 5.56 Å². The molecule has 0 spiro atoms. The summed E-state index contributed by atoms with van der Waals surface area (Å²) in [6, 6.07) is 4.16. The predicted molar refractivity (Wildman–Crippen MR) is 43.5 cm³/mol. The quantitative estimate of drug-likeness (QED) is 0.730. The van der Waals surface area contributed by atoms with Gasteiger partial charge < -0.3 is 5.11 Å². The average molecular weight is 166 g/mol. The Morgan fingerprint density at radius 2 is 2.25 bits per heavy atom. The molecule has 0 saturated heterocycles. The zero-order valence-electron chi connectivity index (χ0n) is 6.25. The Hall–Kier alpha value is -1.64. The van der Waals surface area contributed by atoms with Crippen molar-refractivity contribution in [2.24, 2.45) is 0 Å². The summed E-state index contributed by atoms with van der Waals surface area (Å²) in [5.41, 5.74) is -0.123. The van der Waals surface area contributed by atoms with Gasteiger partial charge in [0.15, 0.2) is 0 Å². The van der Waals surface area contributed by atoms with Gasteiger partial charge in [-0.2, -0.15) is 0 Å². The number of carboxylic acid groups (broad SMARTS) is 1. The topological polar surface area (TPSA) is 37.3 Å². The summed E-state index contributed by atoms with van der Waals surface area (Å²) in [5.74, 6) is -2.00. The fraction of sp³-hybridized carbons (Fsp3) is 0. The lowest BCUT2D eigenvalue weighted by molar-refractivity contribution is 0.0692. The van der Waals surface area contributed by atoms with Crippen molar-refractivity contribution in [1.29, 1.82) is 0 Å². The minimum atomic E-state index is -1.27. The van der Waals surface area contributed by atoms with Gasteiger partial charge >= 0.3 is 5.97 Å². The number of hydrogen-bond acceptors (Lipinski definition) is 1. The summed E-state index contributed by atoms with van der Waals surface area (Å²) in [5, 5.41) is 8.51. The fourth-order valence-electron chi connectivity index (χ4n) is 0.873. The summed E-state index contributed by atoms with van der Waals surface area (Å²) in [7, 11) is 0. The van der Waals surface area contributed by atoms with Crippen molar-refractivity contribution in [3.63, 3.8) is 0 Å². The molecule has 0 atom stereocenters. The number of carbonyl (C=O) groups is 1. The predicted octanol–water partition coefficient (Wildman–Crippen LogP) is 2.17. The molecule has 62 valence electrons. The van der Waals surface area contributed by atoms with E-state index in [0.717, 1.165) is 0 Å². The first-order chi connectivity index (χ1) is 5.66. The number of hydrogen-bond donors (Lipinski definition) is 1. The maximum Gasteiger partial charge on any atom is 0.338 e. The van der Waals surface area contributed by atoms with Gasteiger partial charge in [-0.15, -0.1) is 0 Å². The Labute approximate surface area is 69.0 Å². The van der Waals surface area contributed by atoms with Crippen LogP contribution in [0.1, 0.15) is 15.9 Å². The van der Waals surface area contributed by atoms with Crippen LogP contribution in [0.25, 0.3) is 6.08 Å². The molecule has 0 unspecified atom stereocenters. The Kier molecular flexibility index (Phi) is 2.24. The van der Waals surface area contributed by atoms with E-state index in [0.29, 0.717) is 0 Å². The van der Waals surface area contributed by atoms with E-state index in [1.54, 1.807) is 0 Å². The van der Waals surface area contributed by atoms with Crippen LogP contribution in [-0.2, 0) is 0 Å². The van der Waals surface area contributed by atoms with E-state index in [1.165, 1.54) is 24.3 Å². The molecule has 12 heavy (non-hydrogen) atoms. The molecule has 0 amide bonds. The summed E-state index contributed by atoms with van der Waals surface area (Å²) >= 11 is 0. The molecule has 1 aromatic carbocycles. The van der Waals surface area contributed by atoms with E-state index in [-0.39, 0.29) is 11.1 Å². The summed E-state index contributed by atoms with van der Waals surface area (Å²) in [6.45, 7) is 3.36. The largest absolute Gasteiger partial charge is 0.478 e. The maximum absolute atomic E-state index is 13.1. The molecule has 0 radical (unpaired) electrons. The van der Waals surface area contributed by atoms with Crippen molar-refractivity contribution >= 4 is 12.0 Å². The smallest absolute Gasteiger partial charge is 0.338 e. The maximum atomic E-state index is 13.1. The Balaban J connectivity index is 3.32. The molecule has 0 saturated carbocycles. The van der Waals surface area contributed by atoms with E-state index in [2.05, 4.69) is 6.58 Å². The van der Waals surface area contributed by atoms with Crippen LogP contribution >= 0.6 is 0 Å². The first-order valence-electron chi connectivity index (χ1n) is 3.31. The minimum absolute atomic E-state index is 0.204. The molecule has 1 aromatic rings. The molecule has 3 heteroatoms. The summed E-state index contributed by atoms with van der Waals surface area (Å²) in [4.78, 5) is 10.4. The summed E-state index contributed by atoms with van der Waals surface area (Å²) < 4.78 is 13.1. The molecule has 0 aliphatic rings. The number of rotatable bonds is 2. The highest BCUT2D eigenvalue weighted by molar-refractivity contribution is 5.88. The van der Waals surface area contributed by atoms with Crippen molar-refractivity contribution in [3.05, 3.63) is 41.7 Å². The zero-order valence-corrected chi connectivity index (χ0v) is 6.25. The second kappa shape index (κ2) is 3.17. The number of carboxylic acids is 1. The normalized spacial score (nSPS) is 9.42. The third kappa shape index (κ3) is 1.34. The highest BCUT2D eigenvalue weighted by Gasteiger charge is 2.11. The molecule has 0 aromatic heterocycles. The van der Waals surface area contributed by atoms with Crippen LogP contribution in [0.2, 0.25) is 0 Å². The van der Waals surface area contributed by atoms with Crippen LogP contribution < -0.4 is 0 Å². The van der Waals surface area contributed by atoms with E-state index >= 15 is 0 Å². The first kappa shape index (κ1) is 8.46. The van der Waals surface area contributed by atoms with Gasteiger partial charge in [-0.05, 0) is 6.07 Å². The minimum Gasteiger partial charge on any atom is -0.478 e. The Morgan fingerprint density at radius 1 is 1.58 bits per heavy atom. The van der Waals surface area contributed by atoms with Crippen molar-refractivity contribution in [2.45, 2.75) is 0 Å². The van der Waals surface area contributed by atoms with Crippen LogP contribution in [-0.4, -0.2) is 11.1 Å². The van der Waals surface area contributed by atoms with Crippen molar-refractivity contribution in [1.82, 2.24) is 0 Å². The lowest BCUT2D eigenvalue weighted by atomic mass is 10.1. The van der Waals surface area contributed by atoms with Crippen molar-refractivity contribution in [2.75, 3.05) is 0 Å².